The average Bonchev–Trinajstić information content (AvgIpc) is 2.77. The highest BCUT2D eigenvalue weighted by atomic mass is 19.1. The first kappa shape index (κ1) is 20.8. The molecule has 0 aliphatic rings. The topological polar surface area (TPSA) is 84.8 Å². The van der Waals surface area contributed by atoms with Gasteiger partial charge in [-0.3, -0.25) is 15.1 Å². The summed E-state index contributed by atoms with van der Waals surface area (Å²) in [6, 6.07) is 14.4. The number of nitrogens with one attached hydrogen (secondary N) is 2. The van der Waals surface area contributed by atoms with Gasteiger partial charge in [-0.15, -0.1) is 0 Å². The molecule has 2 N–H and O–H groups in total. The van der Waals surface area contributed by atoms with Crippen LogP contribution in [-0.4, -0.2) is 31.1 Å². The van der Waals surface area contributed by atoms with Crippen molar-refractivity contribution < 1.29 is 18.7 Å². The van der Waals surface area contributed by atoms with Gasteiger partial charge in [0.05, 0.1) is 20.8 Å². The van der Waals surface area contributed by atoms with Crippen LogP contribution in [0.1, 0.15) is 15.9 Å². The second-order valence-corrected chi connectivity index (χ2v) is 6.19. The van der Waals surface area contributed by atoms with E-state index in [-0.39, 0.29) is 12.5 Å². The molecule has 0 aliphatic heterocycles. The second-order valence-electron chi connectivity index (χ2n) is 6.19. The number of benzene rings is 2. The quantitative estimate of drug-likeness (QED) is 0.481. The van der Waals surface area contributed by atoms with Crippen molar-refractivity contribution in [1.29, 1.82) is 0 Å². The molecule has 0 saturated carbocycles. The van der Waals surface area contributed by atoms with E-state index in [1.165, 1.54) is 26.4 Å². The number of anilines is 1. The minimum absolute atomic E-state index is 0.171. The maximum atomic E-state index is 13.5. The molecule has 30 heavy (non-hydrogen) atoms. The predicted octanol–water partition coefficient (Wildman–Crippen LogP) is 3.64. The molecule has 1 heterocycles. The number of guanidine groups is 1. The van der Waals surface area contributed by atoms with Gasteiger partial charge in [0.15, 0.2) is 11.5 Å². The number of rotatable bonds is 6. The van der Waals surface area contributed by atoms with Crippen LogP contribution in [0.15, 0.2) is 72.0 Å². The minimum Gasteiger partial charge on any atom is -0.493 e. The summed E-state index contributed by atoms with van der Waals surface area (Å²) in [6.07, 6.45) is 3.34. The number of hydrogen-bond donors (Lipinski definition) is 2. The van der Waals surface area contributed by atoms with Crippen LogP contribution in [-0.2, 0) is 6.54 Å². The number of carbonyl (C=O) groups excluding carboxylic acids is 1. The number of amides is 1. The van der Waals surface area contributed by atoms with Gasteiger partial charge in [-0.1, -0.05) is 12.1 Å². The lowest BCUT2D eigenvalue weighted by molar-refractivity contribution is 0.0976. The van der Waals surface area contributed by atoms with Crippen LogP contribution in [0.25, 0.3) is 0 Å². The number of methoxy groups -OCH3 is 2. The van der Waals surface area contributed by atoms with Crippen LogP contribution in [0.2, 0.25) is 0 Å². The van der Waals surface area contributed by atoms with Gasteiger partial charge in [0.1, 0.15) is 5.82 Å². The minimum atomic E-state index is -0.412. The highest BCUT2D eigenvalue weighted by molar-refractivity contribution is 6.10. The number of aromatic nitrogens is 1. The molecule has 0 aliphatic carbocycles. The summed E-state index contributed by atoms with van der Waals surface area (Å²) in [6.45, 7) is 0.275. The first-order valence-electron chi connectivity index (χ1n) is 9.08. The molecule has 0 unspecified atom stereocenters. The summed E-state index contributed by atoms with van der Waals surface area (Å²) in [5.41, 5.74) is 1.66. The van der Waals surface area contributed by atoms with E-state index in [9.17, 15) is 9.18 Å². The highest BCUT2D eigenvalue weighted by Crippen LogP contribution is 2.27. The molecule has 3 rings (SSSR count). The average molecular weight is 408 g/mol. The number of aliphatic imine (C=N–C) groups is 1. The molecular formula is C22H21FN4O3. The van der Waals surface area contributed by atoms with Gasteiger partial charge < -0.3 is 14.8 Å². The highest BCUT2D eigenvalue weighted by Gasteiger charge is 2.13. The zero-order valence-corrected chi connectivity index (χ0v) is 16.6. The molecule has 0 atom stereocenters. The largest absolute Gasteiger partial charge is 0.493 e. The van der Waals surface area contributed by atoms with Gasteiger partial charge in [-0.25, -0.2) is 9.38 Å². The Labute approximate surface area is 173 Å². The fourth-order valence-electron chi connectivity index (χ4n) is 2.63. The molecule has 2 aromatic carbocycles. The van der Waals surface area contributed by atoms with Crippen molar-refractivity contribution in [2.75, 3.05) is 19.5 Å². The Balaban J connectivity index is 1.83. The van der Waals surface area contributed by atoms with Crippen LogP contribution in [0, 0.1) is 5.82 Å². The van der Waals surface area contributed by atoms with E-state index in [1.54, 1.807) is 48.8 Å². The maximum absolute atomic E-state index is 13.5. The predicted molar refractivity (Wildman–Crippen MR) is 112 cm³/mol. The summed E-state index contributed by atoms with van der Waals surface area (Å²) in [5.74, 6) is 0.293. The standard InChI is InChI=1S/C22H21FN4O3/c1-29-19-9-8-16(11-20(19)30-2)21(28)27-22(25-14-15-5-4-10-24-13-15)26-18-7-3-6-17(23)12-18/h3-13H,14H2,1-2H3,(H2,25,26,27,28). The molecule has 3 aromatic rings. The van der Waals surface area contributed by atoms with Gasteiger partial charge in [0.2, 0.25) is 5.96 Å². The molecular weight excluding hydrogens is 387 g/mol. The Morgan fingerprint density at radius 2 is 1.90 bits per heavy atom. The molecule has 7 nitrogen and oxygen atoms in total. The van der Waals surface area contributed by atoms with E-state index < -0.39 is 11.7 Å². The van der Waals surface area contributed by atoms with Crippen molar-refractivity contribution in [2.45, 2.75) is 6.54 Å². The number of nitrogens with zero attached hydrogens (tertiary/aromatic N) is 2. The Morgan fingerprint density at radius 1 is 1.07 bits per heavy atom. The first-order valence-corrected chi connectivity index (χ1v) is 9.08. The SMILES string of the molecule is COc1ccc(C(=O)NC(=NCc2cccnc2)Nc2cccc(F)c2)cc1OC. The second kappa shape index (κ2) is 10.0. The van der Waals surface area contributed by atoms with Gasteiger partial charge in [-0.05, 0) is 48.0 Å². The summed E-state index contributed by atoms with van der Waals surface area (Å²) >= 11 is 0. The lowest BCUT2D eigenvalue weighted by Crippen LogP contribution is -2.36. The summed E-state index contributed by atoms with van der Waals surface area (Å²) < 4.78 is 24.0. The smallest absolute Gasteiger partial charge is 0.258 e. The maximum Gasteiger partial charge on any atom is 0.258 e. The van der Waals surface area contributed by atoms with Gasteiger partial charge in [0.25, 0.3) is 5.91 Å². The molecule has 0 radical (unpaired) electrons. The Hall–Kier alpha value is -3.94. The van der Waals surface area contributed by atoms with E-state index >= 15 is 0 Å². The van der Waals surface area contributed by atoms with Crippen molar-refractivity contribution in [3.63, 3.8) is 0 Å². The molecule has 1 amide bonds. The zero-order chi connectivity index (χ0) is 21.3. The monoisotopic (exact) mass is 408 g/mol. The number of carbonyl (C=O) groups is 1. The van der Waals surface area contributed by atoms with Crippen molar-refractivity contribution in [3.05, 3.63) is 83.9 Å². The van der Waals surface area contributed by atoms with Crippen LogP contribution >= 0.6 is 0 Å². The fraction of sp³-hybridized carbons (Fsp3) is 0.136. The van der Waals surface area contributed by atoms with Gasteiger partial charge in [-0.2, -0.15) is 0 Å². The summed E-state index contributed by atoms with van der Waals surface area (Å²) in [5, 5.41) is 5.66. The molecule has 8 heteroatoms. The summed E-state index contributed by atoms with van der Waals surface area (Å²) in [7, 11) is 3.01. The number of hydrogen-bond acceptors (Lipinski definition) is 5. The third-order valence-corrected chi connectivity index (χ3v) is 4.11. The normalized spacial score (nSPS) is 11.0. The van der Waals surface area contributed by atoms with Crippen LogP contribution in [0.3, 0.4) is 0 Å². The first-order chi connectivity index (χ1) is 14.6. The third-order valence-electron chi connectivity index (χ3n) is 4.11. The number of halogens is 1. The van der Waals surface area contributed by atoms with Crippen molar-refractivity contribution in [2.24, 2.45) is 4.99 Å². The van der Waals surface area contributed by atoms with E-state index in [0.29, 0.717) is 22.7 Å². The van der Waals surface area contributed by atoms with Gasteiger partial charge >= 0.3 is 0 Å². The Morgan fingerprint density at radius 3 is 2.60 bits per heavy atom. The van der Waals surface area contributed by atoms with E-state index in [2.05, 4.69) is 20.6 Å². The van der Waals surface area contributed by atoms with Crippen molar-refractivity contribution >= 4 is 17.6 Å². The van der Waals surface area contributed by atoms with E-state index in [0.717, 1.165) is 5.56 Å². The molecule has 0 saturated heterocycles. The lowest BCUT2D eigenvalue weighted by Gasteiger charge is -2.13. The van der Waals surface area contributed by atoms with E-state index in [1.807, 2.05) is 6.07 Å². The van der Waals surface area contributed by atoms with Crippen LogP contribution in [0.4, 0.5) is 10.1 Å². The molecule has 154 valence electrons. The number of ether oxygens (including phenoxy) is 2. The fourth-order valence-corrected chi connectivity index (χ4v) is 2.63. The van der Waals surface area contributed by atoms with Crippen LogP contribution < -0.4 is 20.1 Å². The lowest BCUT2D eigenvalue weighted by atomic mass is 10.2. The molecule has 0 fully saturated rings. The van der Waals surface area contributed by atoms with Gasteiger partial charge in [0, 0.05) is 23.6 Å². The third kappa shape index (κ3) is 5.54. The van der Waals surface area contributed by atoms with E-state index in [4.69, 9.17) is 9.47 Å². The summed E-state index contributed by atoms with van der Waals surface area (Å²) in [4.78, 5) is 21.2. The number of pyridine rings is 1. The Kier molecular flexibility index (Phi) is 6.94. The molecule has 0 bridgehead atoms. The van der Waals surface area contributed by atoms with Crippen molar-refractivity contribution in [1.82, 2.24) is 10.3 Å². The Bertz CT molecular complexity index is 1040. The molecule has 1 aromatic heterocycles. The van der Waals surface area contributed by atoms with Crippen molar-refractivity contribution in [3.8, 4) is 11.5 Å². The zero-order valence-electron chi connectivity index (χ0n) is 16.6. The van der Waals surface area contributed by atoms with Crippen LogP contribution in [0.5, 0.6) is 11.5 Å². The molecule has 0 spiro atoms.